The summed E-state index contributed by atoms with van der Waals surface area (Å²) in [5, 5.41) is 5.88. The Morgan fingerprint density at radius 3 is 2.28 bits per heavy atom. The van der Waals surface area contributed by atoms with Crippen LogP contribution in [0.25, 0.3) is 21.5 Å². The molecular formula is C22H18N2S. The van der Waals surface area contributed by atoms with Crippen LogP contribution in [-0.2, 0) is 12.8 Å². The summed E-state index contributed by atoms with van der Waals surface area (Å²) in [5.41, 5.74) is 2.45. The molecule has 0 bridgehead atoms. The monoisotopic (exact) mass is 342 g/mol. The second-order valence-electron chi connectivity index (χ2n) is 6.56. The molecule has 0 spiro atoms. The molecule has 1 aliphatic carbocycles. The quantitative estimate of drug-likeness (QED) is 0.320. The minimum absolute atomic E-state index is 0.893. The van der Waals surface area contributed by atoms with Gasteiger partial charge < -0.3 is 0 Å². The van der Waals surface area contributed by atoms with Crippen LogP contribution in [0.1, 0.15) is 29.0 Å². The van der Waals surface area contributed by atoms with E-state index in [1.165, 1.54) is 56.9 Å². The first-order valence-corrected chi connectivity index (χ1v) is 9.63. The summed E-state index contributed by atoms with van der Waals surface area (Å²) in [5.74, 6) is 0. The van der Waals surface area contributed by atoms with Gasteiger partial charge in [0.15, 0.2) is 0 Å². The Morgan fingerprint density at radius 2 is 1.56 bits per heavy atom. The van der Waals surface area contributed by atoms with Gasteiger partial charge in [-0.05, 0) is 53.3 Å². The number of aliphatic imine (C=N–C) groups is 1. The maximum atomic E-state index is 4.76. The molecule has 1 aliphatic rings. The minimum atomic E-state index is 0.893. The predicted molar refractivity (Wildman–Crippen MR) is 107 cm³/mol. The van der Waals surface area contributed by atoms with Gasteiger partial charge in [0.05, 0.1) is 5.69 Å². The first kappa shape index (κ1) is 14.8. The zero-order valence-corrected chi connectivity index (χ0v) is 14.7. The van der Waals surface area contributed by atoms with E-state index in [0.717, 1.165) is 11.6 Å². The van der Waals surface area contributed by atoms with E-state index in [1.807, 2.05) is 6.21 Å². The molecule has 0 radical (unpaired) electrons. The van der Waals surface area contributed by atoms with Crippen molar-refractivity contribution in [1.82, 2.24) is 4.98 Å². The van der Waals surface area contributed by atoms with E-state index < -0.39 is 0 Å². The topological polar surface area (TPSA) is 25.2 Å². The van der Waals surface area contributed by atoms with E-state index in [9.17, 15) is 0 Å². The normalized spacial score (nSPS) is 14.4. The number of hydrogen-bond acceptors (Lipinski definition) is 3. The van der Waals surface area contributed by atoms with E-state index in [2.05, 4.69) is 54.6 Å². The molecule has 25 heavy (non-hydrogen) atoms. The number of rotatable bonds is 2. The lowest BCUT2D eigenvalue weighted by Gasteiger charge is -2.07. The first-order chi connectivity index (χ1) is 12.4. The lowest BCUT2D eigenvalue weighted by Crippen LogP contribution is -1.98. The SMILES string of the molecule is C(=N\c1nc2c(s1)CCCC2)/c1c2ccccc2cc2ccccc12. The zero-order chi connectivity index (χ0) is 16.6. The largest absolute Gasteiger partial charge is 0.227 e. The minimum Gasteiger partial charge on any atom is -0.227 e. The summed E-state index contributed by atoms with van der Waals surface area (Å²) >= 11 is 1.76. The van der Waals surface area contributed by atoms with E-state index in [0.29, 0.717) is 0 Å². The Balaban J connectivity index is 1.66. The lowest BCUT2D eigenvalue weighted by molar-refractivity contribution is 0.682. The van der Waals surface area contributed by atoms with Crippen LogP contribution in [0, 0.1) is 0 Å². The van der Waals surface area contributed by atoms with Crippen LogP contribution < -0.4 is 0 Å². The highest BCUT2D eigenvalue weighted by Gasteiger charge is 2.14. The van der Waals surface area contributed by atoms with Crippen LogP contribution in [0.15, 0.2) is 59.6 Å². The molecule has 3 heteroatoms. The number of benzene rings is 3. The van der Waals surface area contributed by atoms with Crippen molar-refractivity contribution in [3.8, 4) is 0 Å². The van der Waals surface area contributed by atoms with Crippen molar-refractivity contribution in [2.45, 2.75) is 25.7 Å². The van der Waals surface area contributed by atoms with Gasteiger partial charge in [-0.25, -0.2) is 9.98 Å². The van der Waals surface area contributed by atoms with Crippen molar-refractivity contribution in [3.63, 3.8) is 0 Å². The lowest BCUT2D eigenvalue weighted by atomic mass is 9.97. The average Bonchev–Trinajstić information content (AvgIpc) is 3.08. The molecule has 0 atom stereocenters. The van der Waals surface area contributed by atoms with Crippen molar-refractivity contribution < 1.29 is 0 Å². The zero-order valence-electron chi connectivity index (χ0n) is 13.9. The van der Waals surface area contributed by atoms with Crippen LogP contribution in [0.5, 0.6) is 0 Å². The molecule has 0 aliphatic heterocycles. The van der Waals surface area contributed by atoms with E-state index in [4.69, 9.17) is 9.98 Å². The van der Waals surface area contributed by atoms with Crippen molar-refractivity contribution in [1.29, 1.82) is 0 Å². The van der Waals surface area contributed by atoms with Gasteiger partial charge in [0.2, 0.25) is 5.13 Å². The fraction of sp³-hybridized carbons (Fsp3) is 0.182. The summed E-state index contributed by atoms with van der Waals surface area (Å²) in [6, 6.07) is 19.3. The van der Waals surface area contributed by atoms with Crippen molar-refractivity contribution in [3.05, 3.63) is 70.7 Å². The van der Waals surface area contributed by atoms with Crippen LogP contribution >= 0.6 is 11.3 Å². The number of thiazole rings is 1. The van der Waals surface area contributed by atoms with Crippen LogP contribution in [0.2, 0.25) is 0 Å². The van der Waals surface area contributed by atoms with Crippen LogP contribution in [0.4, 0.5) is 5.13 Å². The maximum absolute atomic E-state index is 4.76. The molecular weight excluding hydrogens is 324 g/mol. The second kappa shape index (κ2) is 6.08. The van der Waals surface area contributed by atoms with Gasteiger partial charge in [-0.15, -0.1) is 0 Å². The second-order valence-corrected chi connectivity index (χ2v) is 7.63. The summed E-state index contributed by atoms with van der Waals surface area (Å²) < 4.78 is 0. The third kappa shape index (κ3) is 2.65. The molecule has 5 rings (SSSR count). The standard InChI is InChI=1S/C22H18N2S/c1-3-9-17-15(7-1)13-16-8-2-4-10-18(16)19(17)14-23-22-24-20-11-5-6-12-21(20)25-22/h1-4,7-10,13-14H,5-6,11-12H2/b23-14+. The summed E-state index contributed by atoms with van der Waals surface area (Å²) in [4.78, 5) is 10.9. The molecule has 4 aromatic rings. The van der Waals surface area contributed by atoms with Gasteiger partial charge in [-0.1, -0.05) is 59.9 Å². The summed E-state index contributed by atoms with van der Waals surface area (Å²) in [6.07, 6.45) is 6.83. The summed E-state index contributed by atoms with van der Waals surface area (Å²) in [7, 11) is 0. The number of fused-ring (bicyclic) bond motifs is 3. The molecule has 0 fully saturated rings. The van der Waals surface area contributed by atoms with E-state index in [1.54, 1.807) is 11.3 Å². The van der Waals surface area contributed by atoms with Gasteiger partial charge >= 0.3 is 0 Å². The molecule has 2 nitrogen and oxygen atoms in total. The van der Waals surface area contributed by atoms with Gasteiger partial charge in [-0.2, -0.15) is 0 Å². The molecule has 0 unspecified atom stereocenters. The van der Waals surface area contributed by atoms with Crippen LogP contribution in [0.3, 0.4) is 0 Å². The number of aromatic nitrogens is 1. The summed E-state index contributed by atoms with van der Waals surface area (Å²) in [6.45, 7) is 0. The van der Waals surface area contributed by atoms with Gasteiger partial charge in [0, 0.05) is 16.7 Å². The molecule has 1 heterocycles. The highest BCUT2D eigenvalue weighted by molar-refractivity contribution is 7.15. The third-order valence-electron chi connectivity index (χ3n) is 4.95. The molecule has 122 valence electrons. The highest BCUT2D eigenvalue weighted by atomic mass is 32.1. The molecule has 3 aromatic carbocycles. The first-order valence-electron chi connectivity index (χ1n) is 8.82. The number of nitrogens with zero attached hydrogens (tertiary/aromatic N) is 2. The maximum Gasteiger partial charge on any atom is 0.209 e. The molecule has 0 saturated heterocycles. The Bertz CT molecular complexity index is 1030. The van der Waals surface area contributed by atoms with E-state index >= 15 is 0 Å². The average molecular weight is 342 g/mol. The Kier molecular flexibility index (Phi) is 3.60. The Morgan fingerprint density at radius 1 is 0.880 bits per heavy atom. The Labute approximate surface area is 150 Å². The number of hydrogen-bond donors (Lipinski definition) is 0. The smallest absolute Gasteiger partial charge is 0.209 e. The molecule has 0 saturated carbocycles. The molecule has 1 aromatic heterocycles. The third-order valence-corrected chi connectivity index (χ3v) is 6.02. The number of aryl methyl sites for hydroxylation is 2. The predicted octanol–water partition coefficient (Wildman–Crippen LogP) is 6.08. The van der Waals surface area contributed by atoms with Gasteiger partial charge in [0.25, 0.3) is 0 Å². The van der Waals surface area contributed by atoms with Gasteiger partial charge in [0.1, 0.15) is 0 Å². The van der Waals surface area contributed by atoms with E-state index in [-0.39, 0.29) is 0 Å². The highest BCUT2D eigenvalue weighted by Crippen LogP contribution is 2.32. The fourth-order valence-corrected chi connectivity index (χ4v) is 4.69. The fourth-order valence-electron chi connectivity index (χ4n) is 3.70. The van der Waals surface area contributed by atoms with Crippen LogP contribution in [-0.4, -0.2) is 11.2 Å². The molecule has 0 N–H and O–H groups in total. The van der Waals surface area contributed by atoms with Gasteiger partial charge in [-0.3, -0.25) is 0 Å². The Hall–Kier alpha value is -2.52. The van der Waals surface area contributed by atoms with Crippen molar-refractivity contribution in [2.75, 3.05) is 0 Å². The van der Waals surface area contributed by atoms with Crippen molar-refractivity contribution >= 4 is 44.2 Å². The van der Waals surface area contributed by atoms with Crippen molar-refractivity contribution in [2.24, 2.45) is 4.99 Å². The molecule has 0 amide bonds.